The lowest BCUT2D eigenvalue weighted by molar-refractivity contribution is -0.143. The molecule has 2 N–H and O–H groups in total. The van der Waals surface area contributed by atoms with E-state index in [1.165, 1.54) is 18.4 Å². The zero-order chi connectivity index (χ0) is 23.1. The first kappa shape index (κ1) is 28.2. The van der Waals surface area contributed by atoms with Gasteiger partial charge < -0.3 is 14.9 Å². The Morgan fingerprint density at radius 3 is 2.55 bits per heavy atom. The lowest BCUT2D eigenvalue weighted by Gasteiger charge is -2.29. The van der Waals surface area contributed by atoms with Crippen molar-refractivity contribution >= 4 is 5.97 Å². The first-order chi connectivity index (χ1) is 14.8. The third-order valence-corrected chi connectivity index (χ3v) is 6.80. The van der Waals surface area contributed by atoms with Gasteiger partial charge in [0.05, 0.1) is 18.3 Å². The molecule has 0 aromatic carbocycles. The van der Waals surface area contributed by atoms with Crippen molar-refractivity contribution in [1.82, 2.24) is 0 Å². The van der Waals surface area contributed by atoms with E-state index in [0.717, 1.165) is 77.0 Å². The summed E-state index contributed by atoms with van der Waals surface area (Å²) < 4.78 is 4.97. The predicted octanol–water partition coefficient (Wildman–Crippen LogP) is 6.73. The summed E-state index contributed by atoms with van der Waals surface area (Å²) in [5.41, 5.74) is 0.759. The SMILES string of the molecule is CCCCCC(O)(CC=C1CC[C@H](O)[C@@H]1CCCCCCC(=O)OCC)CCC(C)C. The maximum absolute atomic E-state index is 11.4. The van der Waals surface area contributed by atoms with Gasteiger partial charge in [0.1, 0.15) is 0 Å². The third kappa shape index (κ3) is 12.1. The largest absolute Gasteiger partial charge is 0.466 e. The quantitative estimate of drug-likeness (QED) is 0.150. The summed E-state index contributed by atoms with van der Waals surface area (Å²) in [6, 6.07) is 0. The Morgan fingerprint density at radius 2 is 1.87 bits per heavy atom. The van der Waals surface area contributed by atoms with Gasteiger partial charge in [0.15, 0.2) is 0 Å². The van der Waals surface area contributed by atoms with Gasteiger partial charge in [-0.15, -0.1) is 0 Å². The van der Waals surface area contributed by atoms with Gasteiger partial charge in [0.2, 0.25) is 0 Å². The number of unbranched alkanes of at least 4 members (excludes halogenated alkanes) is 5. The van der Waals surface area contributed by atoms with Gasteiger partial charge in [-0.05, 0) is 64.2 Å². The Hall–Kier alpha value is -0.870. The van der Waals surface area contributed by atoms with Gasteiger partial charge in [0, 0.05) is 12.3 Å². The molecule has 3 atom stereocenters. The molecule has 4 heteroatoms. The third-order valence-electron chi connectivity index (χ3n) is 6.80. The van der Waals surface area contributed by atoms with Gasteiger partial charge in [-0.25, -0.2) is 0 Å². The molecule has 1 aliphatic carbocycles. The van der Waals surface area contributed by atoms with Gasteiger partial charge in [0.25, 0.3) is 0 Å². The van der Waals surface area contributed by atoms with Crippen LogP contribution >= 0.6 is 0 Å². The molecule has 1 fully saturated rings. The highest BCUT2D eigenvalue weighted by Crippen LogP contribution is 2.37. The highest BCUT2D eigenvalue weighted by atomic mass is 16.5. The van der Waals surface area contributed by atoms with Crippen LogP contribution in [0.15, 0.2) is 11.6 Å². The second-order valence-electron chi connectivity index (χ2n) is 10.1. The molecule has 1 aliphatic rings. The zero-order valence-electron chi connectivity index (χ0n) is 20.8. The van der Waals surface area contributed by atoms with Crippen molar-refractivity contribution in [3.8, 4) is 0 Å². The maximum Gasteiger partial charge on any atom is 0.305 e. The summed E-state index contributed by atoms with van der Waals surface area (Å²) in [5, 5.41) is 21.8. The molecule has 0 saturated heterocycles. The van der Waals surface area contributed by atoms with Crippen LogP contribution in [-0.2, 0) is 9.53 Å². The fraction of sp³-hybridized carbons (Fsp3) is 0.889. The molecule has 182 valence electrons. The van der Waals surface area contributed by atoms with Crippen LogP contribution in [0.25, 0.3) is 0 Å². The van der Waals surface area contributed by atoms with E-state index in [1.807, 2.05) is 6.92 Å². The Morgan fingerprint density at radius 1 is 1.13 bits per heavy atom. The topological polar surface area (TPSA) is 66.8 Å². The molecule has 0 bridgehead atoms. The van der Waals surface area contributed by atoms with Crippen LogP contribution in [-0.4, -0.2) is 34.5 Å². The molecular formula is C27H50O4. The number of hydrogen-bond donors (Lipinski definition) is 2. The van der Waals surface area contributed by atoms with Gasteiger partial charge in [-0.2, -0.15) is 0 Å². The van der Waals surface area contributed by atoms with Gasteiger partial charge >= 0.3 is 5.97 Å². The minimum absolute atomic E-state index is 0.0946. The van der Waals surface area contributed by atoms with Crippen molar-refractivity contribution in [3.63, 3.8) is 0 Å². The minimum Gasteiger partial charge on any atom is -0.466 e. The summed E-state index contributed by atoms with van der Waals surface area (Å²) >= 11 is 0. The van der Waals surface area contributed by atoms with Crippen molar-refractivity contribution in [3.05, 3.63) is 11.6 Å². The summed E-state index contributed by atoms with van der Waals surface area (Å²) in [5.74, 6) is 0.758. The zero-order valence-corrected chi connectivity index (χ0v) is 20.8. The fourth-order valence-corrected chi connectivity index (χ4v) is 4.71. The van der Waals surface area contributed by atoms with Gasteiger partial charge in [-0.3, -0.25) is 4.79 Å². The molecule has 0 heterocycles. The Balaban J connectivity index is 2.51. The van der Waals surface area contributed by atoms with E-state index in [-0.39, 0.29) is 18.0 Å². The van der Waals surface area contributed by atoms with Crippen molar-refractivity contribution in [2.75, 3.05) is 6.61 Å². The van der Waals surface area contributed by atoms with Crippen molar-refractivity contribution in [2.24, 2.45) is 11.8 Å². The molecule has 0 aromatic heterocycles. The minimum atomic E-state index is -0.600. The molecule has 0 spiro atoms. The second kappa shape index (κ2) is 15.9. The maximum atomic E-state index is 11.4. The highest BCUT2D eigenvalue weighted by molar-refractivity contribution is 5.69. The molecule has 0 aliphatic heterocycles. The van der Waals surface area contributed by atoms with Crippen molar-refractivity contribution in [1.29, 1.82) is 0 Å². The summed E-state index contributed by atoms with van der Waals surface area (Å²) in [4.78, 5) is 11.4. The smallest absolute Gasteiger partial charge is 0.305 e. The van der Waals surface area contributed by atoms with Gasteiger partial charge in [-0.1, -0.05) is 70.9 Å². The van der Waals surface area contributed by atoms with Crippen LogP contribution in [0, 0.1) is 11.8 Å². The molecule has 1 rings (SSSR count). The first-order valence-electron chi connectivity index (χ1n) is 13.1. The Labute approximate surface area is 191 Å². The lowest BCUT2D eigenvalue weighted by atomic mass is 9.84. The van der Waals surface area contributed by atoms with Crippen LogP contribution in [0.3, 0.4) is 0 Å². The van der Waals surface area contributed by atoms with Crippen LogP contribution in [0.1, 0.15) is 124 Å². The number of ether oxygens (including phenoxy) is 1. The summed E-state index contributed by atoms with van der Waals surface area (Å²) in [6.07, 6.45) is 16.4. The van der Waals surface area contributed by atoms with E-state index in [4.69, 9.17) is 4.74 Å². The van der Waals surface area contributed by atoms with E-state index in [9.17, 15) is 15.0 Å². The van der Waals surface area contributed by atoms with E-state index < -0.39 is 5.60 Å². The van der Waals surface area contributed by atoms with E-state index in [1.54, 1.807) is 0 Å². The normalized spacial score (nSPS) is 22.2. The van der Waals surface area contributed by atoms with E-state index in [2.05, 4.69) is 26.8 Å². The van der Waals surface area contributed by atoms with Crippen LogP contribution in [0.2, 0.25) is 0 Å². The molecule has 4 nitrogen and oxygen atoms in total. The first-order valence-corrected chi connectivity index (χ1v) is 13.1. The number of carbonyl (C=O) groups is 1. The molecule has 0 aromatic rings. The van der Waals surface area contributed by atoms with E-state index >= 15 is 0 Å². The van der Waals surface area contributed by atoms with Crippen LogP contribution < -0.4 is 0 Å². The number of esters is 1. The summed E-state index contributed by atoms with van der Waals surface area (Å²) in [7, 11) is 0. The predicted molar refractivity (Wildman–Crippen MR) is 129 cm³/mol. The van der Waals surface area contributed by atoms with Crippen molar-refractivity contribution in [2.45, 2.75) is 136 Å². The number of hydrogen-bond acceptors (Lipinski definition) is 4. The summed E-state index contributed by atoms with van der Waals surface area (Å²) in [6.45, 7) is 8.95. The number of carbonyl (C=O) groups excluding carboxylic acids is 1. The molecule has 1 saturated carbocycles. The average molecular weight is 439 g/mol. The monoisotopic (exact) mass is 438 g/mol. The van der Waals surface area contributed by atoms with E-state index in [0.29, 0.717) is 18.9 Å². The number of aliphatic hydroxyl groups excluding tert-OH is 1. The molecular weight excluding hydrogens is 388 g/mol. The standard InChI is InChI=1S/C27H50O4/c1-5-7-12-19-27(30,20-17-22(3)4)21-18-23-15-16-25(28)24(23)13-10-8-9-11-14-26(29)31-6-2/h18,22,24-25,28,30H,5-17,19-21H2,1-4H3/t24-,25+,27?/m1/s1. The molecule has 1 unspecified atom stereocenters. The van der Waals surface area contributed by atoms with Crippen LogP contribution in [0.5, 0.6) is 0 Å². The fourth-order valence-electron chi connectivity index (χ4n) is 4.71. The highest BCUT2D eigenvalue weighted by Gasteiger charge is 2.31. The second-order valence-corrected chi connectivity index (χ2v) is 10.1. The Bertz CT molecular complexity index is 513. The molecule has 0 amide bonds. The molecule has 31 heavy (non-hydrogen) atoms. The Kier molecular flexibility index (Phi) is 14.4. The number of rotatable bonds is 17. The number of aliphatic hydroxyl groups is 2. The molecule has 0 radical (unpaired) electrons. The van der Waals surface area contributed by atoms with Crippen molar-refractivity contribution < 1.29 is 19.7 Å². The average Bonchev–Trinajstić information content (AvgIpc) is 3.08. The lowest BCUT2D eigenvalue weighted by Crippen LogP contribution is -2.29. The van der Waals surface area contributed by atoms with Crippen LogP contribution in [0.4, 0.5) is 0 Å².